The van der Waals surface area contributed by atoms with E-state index in [0.29, 0.717) is 5.41 Å². The molecule has 4 nitrogen and oxygen atoms in total. The molecule has 118 valence electrons. The van der Waals surface area contributed by atoms with Crippen molar-refractivity contribution in [3.8, 4) is 0 Å². The molecule has 1 fully saturated rings. The van der Waals surface area contributed by atoms with Gasteiger partial charge in [0, 0.05) is 25.8 Å². The lowest BCUT2D eigenvalue weighted by Gasteiger charge is -2.39. The fourth-order valence-electron chi connectivity index (χ4n) is 2.86. The second-order valence-corrected chi connectivity index (χ2v) is 7.77. The summed E-state index contributed by atoms with van der Waals surface area (Å²) in [6.07, 6.45) is 5.40. The number of hydrogen-bond donors (Lipinski definition) is 1. The molecule has 1 N–H and O–H groups in total. The van der Waals surface area contributed by atoms with Crippen molar-refractivity contribution in [2.45, 2.75) is 47.0 Å². The lowest BCUT2D eigenvalue weighted by molar-refractivity contribution is 0.198. The smallest absolute Gasteiger partial charge is 0.224 e. The second-order valence-electron chi connectivity index (χ2n) is 6.92. The lowest BCUT2D eigenvalue weighted by Crippen LogP contribution is -2.38. The molecule has 1 aromatic rings. The van der Waals surface area contributed by atoms with E-state index in [1.807, 2.05) is 6.20 Å². The first-order valence-electron chi connectivity index (χ1n) is 7.93. The number of nitrogens with one attached hydrogen (secondary N) is 1. The van der Waals surface area contributed by atoms with E-state index < -0.39 is 0 Å². The largest absolute Gasteiger partial charge is 0.355 e. The minimum atomic E-state index is 0.406. The molecule has 2 rings (SSSR count). The van der Waals surface area contributed by atoms with Crippen molar-refractivity contribution in [3.63, 3.8) is 0 Å². The molecule has 0 aliphatic carbocycles. The molecule has 1 aliphatic rings. The number of piperidine rings is 1. The highest BCUT2D eigenvalue weighted by atomic mass is 79.9. The molecule has 5 heteroatoms. The Kier molecular flexibility index (Phi) is 5.47. The van der Waals surface area contributed by atoms with Crippen molar-refractivity contribution >= 4 is 27.7 Å². The Bertz CT molecular complexity index is 462. The van der Waals surface area contributed by atoms with Crippen LogP contribution in [-0.2, 0) is 0 Å². The number of anilines is 2. The summed E-state index contributed by atoms with van der Waals surface area (Å²) >= 11 is 3.59. The van der Waals surface area contributed by atoms with Crippen molar-refractivity contribution in [1.82, 2.24) is 9.97 Å². The monoisotopic (exact) mass is 354 g/mol. The number of rotatable bonds is 4. The average Bonchev–Trinajstić information content (AvgIpc) is 2.46. The third-order valence-corrected chi connectivity index (χ3v) is 4.84. The van der Waals surface area contributed by atoms with Crippen LogP contribution >= 0.6 is 15.9 Å². The zero-order valence-electron chi connectivity index (χ0n) is 13.6. The molecule has 0 amide bonds. The number of hydrogen-bond acceptors (Lipinski definition) is 4. The summed E-state index contributed by atoms with van der Waals surface area (Å²) in [6.45, 7) is 12.2. The Balaban J connectivity index is 2.05. The Morgan fingerprint density at radius 1 is 1.33 bits per heavy atom. The highest BCUT2D eigenvalue weighted by Gasteiger charge is 2.29. The Morgan fingerprint density at radius 3 is 2.57 bits per heavy atom. The maximum Gasteiger partial charge on any atom is 0.224 e. The molecule has 1 saturated heterocycles. The van der Waals surface area contributed by atoms with Crippen LogP contribution < -0.4 is 10.2 Å². The van der Waals surface area contributed by atoms with Crippen LogP contribution in [0.3, 0.4) is 0 Å². The van der Waals surface area contributed by atoms with E-state index in [-0.39, 0.29) is 0 Å². The van der Waals surface area contributed by atoms with Gasteiger partial charge < -0.3 is 10.2 Å². The van der Waals surface area contributed by atoms with Crippen LogP contribution in [0.25, 0.3) is 0 Å². The zero-order chi connectivity index (χ0) is 15.5. The Labute approximate surface area is 136 Å². The fourth-order valence-corrected chi connectivity index (χ4v) is 3.30. The third-order valence-electron chi connectivity index (χ3n) is 4.28. The Hall–Kier alpha value is -0.840. The molecule has 0 atom stereocenters. The van der Waals surface area contributed by atoms with E-state index in [1.54, 1.807) is 0 Å². The predicted octanol–water partition coefficient (Wildman–Crippen LogP) is 4.32. The van der Waals surface area contributed by atoms with Gasteiger partial charge in [-0.1, -0.05) is 27.7 Å². The SMILES string of the molecule is CCCNc1ncc(Br)c(N2CCC(C(C)(C)C)CC2)n1. The van der Waals surface area contributed by atoms with Crippen LogP contribution in [0, 0.1) is 11.3 Å². The van der Waals surface area contributed by atoms with Gasteiger partial charge in [-0.2, -0.15) is 4.98 Å². The van der Waals surface area contributed by atoms with Gasteiger partial charge in [0.1, 0.15) is 5.82 Å². The van der Waals surface area contributed by atoms with Gasteiger partial charge >= 0.3 is 0 Å². The van der Waals surface area contributed by atoms with Crippen molar-refractivity contribution in [2.24, 2.45) is 11.3 Å². The van der Waals surface area contributed by atoms with E-state index >= 15 is 0 Å². The highest BCUT2D eigenvalue weighted by Crippen LogP contribution is 2.36. The molecule has 2 heterocycles. The van der Waals surface area contributed by atoms with E-state index in [4.69, 9.17) is 0 Å². The zero-order valence-corrected chi connectivity index (χ0v) is 15.2. The summed E-state index contributed by atoms with van der Waals surface area (Å²) in [7, 11) is 0. The first kappa shape index (κ1) is 16.5. The van der Waals surface area contributed by atoms with Crippen LogP contribution in [0.1, 0.15) is 47.0 Å². The standard InChI is InChI=1S/C16H27BrN4/c1-5-8-18-15-19-11-13(17)14(20-15)21-9-6-12(7-10-21)16(2,3)4/h11-12H,5-10H2,1-4H3,(H,18,19,20). The molecule has 0 unspecified atom stereocenters. The minimum absolute atomic E-state index is 0.406. The van der Waals surface area contributed by atoms with Crippen molar-refractivity contribution < 1.29 is 0 Å². The maximum absolute atomic E-state index is 4.68. The number of halogens is 1. The quantitative estimate of drug-likeness (QED) is 0.873. The van der Waals surface area contributed by atoms with Crippen molar-refractivity contribution in [2.75, 3.05) is 29.9 Å². The molecule has 21 heavy (non-hydrogen) atoms. The van der Waals surface area contributed by atoms with Crippen molar-refractivity contribution in [1.29, 1.82) is 0 Å². The normalized spacial score (nSPS) is 17.1. The first-order chi connectivity index (χ1) is 9.91. The van der Waals surface area contributed by atoms with Gasteiger partial charge in [0.15, 0.2) is 0 Å². The summed E-state index contributed by atoms with van der Waals surface area (Å²) in [4.78, 5) is 11.4. The molecule has 0 spiro atoms. The molecule has 1 aliphatic heterocycles. The molecule has 0 saturated carbocycles. The van der Waals surface area contributed by atoms with Crippen LogP contribution in [0.5, 0.6) is 0 Å². The number of nitrogens with zero attached hydrogens (tertiary/aromatic N) is 3. The van der Waals surface area contributed by atoms with Crippen molar-refractivity contribution in [3.05, 3.63) is 10.7 Å². The van der Waals surface area contributed by atoms with Gasteiger partial charge in [0.25, 0.3) is 0 Å². The summed E-state index contributed by atoms with van der Waals surface area (Å²) in [5, 5.41) is 3.26. The lowest BCUT2D eigenvalue weighted by atomic mass is 9.75. The fraction of sp³-hybridized carbons (Fsp3) is 0.750. The second kappa shape index (κ2) is 6.95. The summed E-state index contributed by atoms with van der Waals surface area (Å²) in [6, 6.07) is 0. The van der Waals surface area contributed by atoms with Crippen LogP contribution in [-0.4, -0.2) is 29.6 Å². The summed E-state index contributed by atoms with van der Waals surface area (Å²) in [5.74, 6) is 2.55. The van der Waals surface area contributed by atoms with Gasteiger partial charge in [0.05, 0.1) is 4.47 Å². The minimum Gasteiger partial charge on any atom is -0.355 e. The number of aromatic nitrogens is 2. The van der Waals surface area contributed by atoms with Crippen LogP contribution in [0.15, 0.2) is 10.7 Å². The maximum atomic E-state index is 4.68. The predicted molar refractivity (Wildman–Crippen MR) is 92.9 cm³/mol. The van der Waals surface area contributed by atoms with E-state index in [9.17, 15) is 0 Å². The Morgan fingerprint density at radius 2 is 2.00 bits per heavy atom. The third kappa shape index (κ3) is 4.31. The van der Waals surface area contributed by atoms with E-state index in [2.05, 4.69) is 63.8 Å². The molecule has 0 bridgehead atoms. The molecular weight excluding hydrogens is 328 g/mol. The molecule has 0 aromatic carbocycles. The topological polar surface area (TPSA) is 41.1 Å². The molecular formula is C16H27BrN4. The molecule has 1 aromatic heterocycles. The van der Waals surface area contributed by atoms with Crippen LogP contribution in [0.2, 0.25) is 0 Å². The average molecular weight is 355 g/mol. The van der Waals surface area contributed by atoms with Gasteiger partial charge in [-0.15, -0.1) is 0 Å². The summed E-state index contributed by atoms with van der Waals surface area (Å²) in [5.41, 5.74) is 0.406. The van der Waals surface area contributed by atoms with E-state index in [1.165, 1.54) is 12.8 Å². The molecule has 0 radical (unpaired) electrons. The van der Waals surface area contributed by atoms with Gasteiger partial charge in [-0.3, -0.25) is 0 Å². The van der Waals surface area contributed by atoms with Gasteiger partial charge in [-0.25, -0.2) is 4.98 Å². The first-order valence-corrected chi connectivity index (χ1v) is 8.72. The van der Waals surface area contributed by atoms with Gasteiger partial charge in [-0.05, 0) is 46.5 Å². The summed E-state index contributed by atoms with van der Waals surface area (Å²) < 4.78 is 0.985. The van der Waals surface area contributed by atoms with Crippen LogP contribution in [0.4, 0.5) is 11.8 Å². The highest BCUT2D eigenvalue weighted by molar-refractivity contribution is 9.10. The van der Waals surface area contributed by atoms with E-state index in [0.717, 1.165) is 48.2 Å². The van der Waals surface area contributed by atoms with Gasteiger partial charge in [0.2, 0.25) is 5.95 Å².